The van der Waals surface area contributed by atoms with Crippen molar-refractivity contribution in [2.24, 2.45) is 29.6 Å². The summed E-state index contributed by atoms with van der Waals surface area (Å²) in [5.41, 5.74) is 8.31. The zero-order valence-corrected chi connectivity index (χ0v) is 25.7. The van der Waals surface area contributed by atoms with E-state index in [0.29, 0.717) is 50.2 Å². The van der Waals surface area contributed by atoms with Crippen molar-refractivity contribution in [2.45, 2.75) is 62.6 Å². The molecule has 2 atom stereocenters. The fraction of sp³-hybridized carbons (Fsp3) is 0.724. The van der Waals surface area contributed by atoms with Crippen molar-refractivity contribution in [1.82, 2.24) is 9.78 Å². The molecule has 0 radical (unpaired) electrons. The van der Waals surface area contributed by atoms with Gasteiger partial charge in [-0.2, -0.15) is 18.3 Å². The van der Waals surface area contributed by atoms with E-state index in [-0.39, 0.29) is 49.6 Å². The molecule has 2 unspecified atom stereocenters. The summed E-state index contributed by atoms with van der Waals surface area (Å²) in [6.45, 7) is 1.41. The van der Waals surface area contributed by atoms with E-state index in [9.17, 15) is 27.9 Å². The Kier molecular flexibility index (Phi) is 13.6. The van der Waals surface area contributed by atoms with Crippen LogP contribution in [0.15, 0.2) is 16.3 Å². The van der Waals surface area contributed by atoms with Crippen molar-refractivity contribution >= 4 is 24.5 Å². The maximum atomic E-state index is 13.7. The number of hydrogen-bond donors (Lipinski definition) is 3. The van der Waals surface area contributed by atoms with Gasteiger partial charge in [0.25, 0.3) is 0 Å². The molecule has 2 aliphatic rings. The monoisotopic (exact) mass is 647 g/mol. The second-order valence-corrected chi connectivity index (χ2v) is 11.3. The lowest BCUT2D eigenvalue weighted by atomic mass is 9.86. The lowest BCUT2D eigenvalue weighted by Gasteiger charge is -2.28. The Bertz CT molecular complexity index is 1180. The number of rotatable bonds is 18. The van der Waals surface area contributed by atoms with Crippen LogP contribution in [0.2, 0.25) is 0 Å². The summed E-state index contributed by atoms with van der Waals surface area (Å²) in [5.74, 6) is -0.154. The van der Waals surface area contributed by atoms with Gasteiger partial charge in [-0.25, -0.2) is 4.79 Å². The molecule has 0 spiro atoms. The second-order valence-electron chi connectivity index (χ2n) is 11.3. The van der Waals surface area contributed by atoms with Crippen molar-refractivity contribution in [1.29, 1.82) is 0 Å². The zero-order chi connectivity index (χ0) is 33.0. The minimum absolute atomic E-state index is 0.00731. The minimum Gasteiger partial charge on any atom is -0.432 e. The van der Waals surface area contributed by atoms with Gasteiger partial charge in [-0.3, -0.25) is 14.5 Å². The van der Waals surface area contributed by atoms with Crippen LogP contribution in [0.4, 0.5) is 23.8 Å². The number of methoxy groups -OCH3 is 1. The number of aromatic nitrogens is 2. The van der Waals surface area contributed by atoms with E-state index in [1.807, 2.05) is 0 Å². The Morgan fingerprint density at radius 1 is 1.07 bits per heavy atom. The average molecular weight is 648 g/mol. The molecule has 2 aliphatic carbocycles. The maximum absolute atomic E-state index is 13.7. The highest BCUT2D eigenvalue weighted by atomic mass is 19.4. The van der Waals surface area contributed by atoms with E-state index < -0.39 is 35.9 Å². The van der Waals surface area contributed by atoms with Crippen LogP contribution >= 0.6 is 0 Å². The van der Waals surface area contributed by atoms with Crippen molar-refractivity contribution in [2.75, 3.05) is 59.2 Å². The smallest absolute Gasteiger partial charge is 0.432 e. The molecule has 16 heteroatoms. The summed E-state index contributed by atoms with van der Waals surface area (Å²) < 4.78 is 67.8. The van der Waals surface area contributed by atoms with E-state index in [1.54, 1.807) is 14.2 Å². The third-order valence-electron chi connectivity index (χ3n) is 8.23. The lowest BCUT2D eigenvalue weighted by Crippen LogP contribution is -2.36. The number of aliphatic imine (C=N–C) groups is 1. The van der Waals surface area contributed by atoms with Gasteiger partial charge in [0.2, 0.25) is 0 Å². The topological polar surface area (TPSA) is 183 Å². The van der Waals surface area contributed by atoms with Crippen LogP contribution in [-0.4, -0.2) is 98.8 Å². The number of allylic oxidation sites excluding steroid dienone is 1. The van der Waals surface area contributed by atoms with E-state index in [1.165, 1.54) is 4.68 Å². The number of nitrogens with two attached hydrogens (primary N) is 2. The molecule has 2 saturated carbocycles. The number of unbranched alkanes of at least 4 members (excludes halogenated alkanes) is 2. The van der Waals surface area contributed by atoms with Gasteiger partial charge >= 0.3 is 12.3 Å². The van der Waals surface area contributed by atoms with Crippen LogP contribution in [-0.2, 0) is 30.7 Å². The standard InChI is InChI=1S/C29H44F3N5O8/c1-37-26(34)22(17-38)24(36-37)19-12-20-14-28(40,15-21(20)13-19)23(25(33)29(30,31)32)16-35-18-45-27(39)44-11-10-43-9-8-42-7-5-3-4-6-41-2/h16-17,19-21,40H,3-15,18,33-34H2,1-2H3/b25-23+,35-16+. The molecule has 0 saturated heterocycles. The first-order valence-electron chi connectivity index (χ1n) is 14.9. The number of aliphatic hydroxyl groups is 1. The fourth-order valence-electron chi connectivity index (χ4n) is 6.09. The average Bonchev–Trinajstić information content (AvgIpc) is 3.61. The fourth-order valence-corrected chi connectivity index (χ4v) is 6.09. The highest BCUT2D eigenvalue weighted by Crippen LogP contribution is 2.56. The number of anilines is 1. The first kappa shape index (κ1) is 36.3. The summed E-state index contributed by atoms with van der Waals surface area (Å²) in [4.78, 5) is 27.2. The number of halogens is 3. The Morgan fingerprint density at radius 3 is 2.31 bits per heavy atom. The number of alkyl halides is 3. The van der Waals surface area contributed by atoms with E-state index >= 15 is 0 Å². The Labute approximate surface area is 260 Å². The Morgan fingerprint density at radius 2 is 1.69 bits per heavy atom. The molecular weight excluding hydrogens is 603 g/mol. The molecule has 45 heavy (non-hydrogen) atoms. The SMILES string of the molecule is COCCCCCOCCOCCOC(=O)OC/N=C/C(=C(\N)C(F)(F)F)C1(O)CC2CC(c3nn(C)c(N)c3C=O)CC2C1. The van der Waals surface area contributed by atoms with Gasteiger partial charge in [-0.15, -0.1) is 0 Å². The quantitative estimate of drug-likeness (QED) is 0.0920. The number of nitrogen functional groups attached to an aromatic ring is 1. The zero-order valence-electron chi connectivity index (χ0n) is 25.7. The van der Waals surface area contributed by atoms with E-state index in [4.69, 9.17) is 35.2 Å². The number of aryl methyl sites for hydroxylation is 1. The Balaban J connectivity index is 1.44. The Hall–Kier alpha value is -3.21. The van der Waals surface area contributed by atoms with Crippen molar-refractivity contribution < 1.29 is 51.6 Å². The first-order valence-corrected chi connectivity index (χ1v) is 14.9. The van der Waals surface area contributed by atoms with Gasteiger partial charge in [-0.1, -0.05) is 0 Å². The summed E-state index contributed by atoms with van der Waals surface area (Å²) >= 11 is 0. The van der Waals surface area contributed by atoms with Crippen molar-refractivity contribution in [3.63, 3.8) is 0 Å². The van der Waals surface area contributed by atoms with Crippen LogP contribution in [0.25, 0.3) is 0 Å². The molecular formula is C29H44F3N5O8. The predicted molar refractivity (Wildman–Crippen MR) is 157 cm³/mol. The molecule has 1 aromatic rings. The molecule has 0 aliphatic heterocycles. The maximum Gasteiger partial charge on any atom is 0.510 e. The van der Waals surface area contributed by atoms with Gasteiger partial charge in [0.15, 0.2) is 13.0 Å². The number of aldehydes is 1. The van der Waals surface area contributed by atoms with Gasteiger partial charge in [0.1, 0.15) is 18.1 Å². The molecule has 0 amide bonds. The van der Waals surface area contributed by atoms with Crippen LogP contribution in [0.5, 0.6) is 0 Å². The third kappa shape index (κ3) is 10.1. The van der Waals surface area contributed by atoms with Crippen LogP contribution in [0.3, 0.4) is 0 Å². The highest BCUT2D eigenvalue weighted by Gasteiger charge is 2.53. The number of carbonyl (C=O) groups is 2. The van der Waals surface area contributed by atoms with E-state index in [2.05, 4.69) is 10.1 Å². The van der Waals surface area contributed by atoms with Crippen LogP contribution in [0, 0.1) is 11.8 Å². The highest BCUT2D eigenvalue weighted by molar-refractivity contribution is 5.84. The number of ether oxygens (including phenoxy) is 5. The number of nitrogens with zero attached hydrogens (tertiary/aromatic N) is 3. The second kappa shape index (κ2) is 16.9. The molecule has 0 aromatic carbocycles. The molecule has 1 aromatic heterocycles. The molecule has 5 N–H and O–H groups in total. The molecule has 0 bridgehead atoms. The summed E-state index contributed by atoms with van der Waals surface area (Å²) in [6.07, 6.45) is -0.579. The van der Waals surface area contributed by atoms with E-state index in [0.717, 1.165) is 32.1 Å². The lowest BCUT2D eigenvalue weighted by molar-refractivity contribution is -0.0953. The van der Waals surface area contributed by atoms with Gasteiger partial charge < -0.3 is 40.3 Å². The molecule has 254 valence electrons. The van der Waals surface area contributed by atoms with Gasteiger partial charge in [0, 0.05) is 45.1 Å². The minimum atomic E-state index is -4.92. The molecule has 1 heterocycles. The van der Waals surface area contributed by atoms with Crippen LogP contribution < -0.4 is 11.5 Å². The molecule has 3 rings (SSSR count). The summed E-state index contributed by atoms with van der Waals surface area (Å²) in [6, 6.07) is 0. The van der Waals surface area contributed by atoms with Crippen LogP contribution in [0.1, 0.15) is 66.9 Å². The number of hydrogen-bond acceptors (Lipinski definition) is 12. The summed E-state index contributed by atoms with van der Waals surface area (Å²) in [7, 11) is 3.29. The normalized spacial score (nSPS) is 23.7. The largest absolute Gasteiger partial charge is 0.510 e. The first-order chi connectivity index (χ1) is 21.4. The molecule has 2 fully saturated rings. The summed E-state index contributed by atoms with van der Waals surface area (Å²) in [5, 5.41) is 15.8. The molecule has 13 nitrogen and oxygen atoms in total. The van der Waals surface area contributed by atoms with Gasteiger partial charge in [-0.05, 0) is 56.8 Å². The van der Waals surface area contributed by atoms with Crippen molar-refractivity contribution in [3.05, 3.63) is 22.5 Å². The number of carbonyl (C=O) groups excluding carboxylic acids is 2. The number of fused-ring (bicyclic) bond motifs is 1. The third-order valence-corrected chi connectivity index (χ3v) is 8.23. The van der Waals surface area contributed by atoms with Gasteiger partial charge in [0.05, 0.1) is 36.7 Å². The van der Waals surface area contributed by atoms with Crippen molar-refractivity contribution in [3.8, 4) is 0 Å². The predicted octanol–water partition coefficient (Wildman–Crippen LogP) is 3.26.